The van der Waals surface area contributed by atoms with E-state index in [1.165, 1.54) is 6.08 Å². The molecule has 0 aliphatic rings. The third kappa shape index (κ3) is 2.48. The molecule has 0 aliphatic carbocycles. The molecule has 0 spiro atoms. The zero-order valence-corrected chi connectivity index (χ0v) is 9.97. The molecule has 0 atom stereocenters. The van der Waals surface area contributed by atoms with Crippen molar-refractivity contribution in [3.05, 3.63) is 41.6 Å². The second-order valence-electron chi connectivity index (χ2n) is 3.75. The molecule has 1 N–H and O–H groups in total. The Morgan fingerprint density at radius 2 is 2.22 bits per heavy atom. The minimum Gasteiger partial charge on any atom is -0.461 e. The fourth-order valence-corrected chi connectivity index (χ4v) is 1.72. The van der Waals surface area contributed by atoms with Gasteiger partial charge in [-0.2, -0.15) is 0 Å². The molecule has 2 rings (SSSR count). The van der Waals surface area contributed by atoms with E-state index in [-0.39, 0.29) is 5.97 Å². The van der Waals surface area contributed by atoms with Gasteiger partial charge < -0.3 is 9.72 Å². The average molecular weight is 243 g/mol. The van der Waals surface area contributed by atoms with Crippen LogP contribution in [0.2, 0.25) is 0 Å². The van der Waals surface area contributed by atoms with Crippen LogP contribution >= 0.6 is 0 Å². The van der Waals surface area contributed by atoms with E-state index < -0.39 is 0 Å². The van der Waals surface area contributed by atoms with Crippen molar-refractivity contribution in [2.75, 3.05) is 6.61 Å². The largest absolute Gasteiger partial charge is 0.461 e. The summed E-state index contributed by atoms with van der Waals surface area (Å²) in [5.74, 6) is -0.362. The van der Waals surface area contributed by atoms with Crippen LogP contribution in [-0.4, -0.2) is 23.8 Å². The SMILES string of the molecule is CCOC(=O)c1cc2ccc(C=CC=O)cc2[nH]1. The quantitative estimate of drug-likeness (QED) is 0.510. The predicted octanol–water partition coefficient (Wildman–Crippen LogP) is 2.56. The normalized spacial score (nSPS) is 10.9. The average Bonchev–Trinajstić information content (AvgIpc) is 2.79. The third-order valence-electron chi connectivity index (χ3n) is 2.51. The lowest BCUT2D eigenvalue weighted by atomic mass is 10.1. The predicted molar refractivity (Wildman–Crippen MR) is 69.4 cm³/mol. The molecule has 0 fully saturated rings. The number of aldehydes is 1. The van der Waals surface area contributed by atoms with E-state index in [1.54, 1.807) is 19.1 Å². The van der Waals surface area contributed by atoms with Gasteiger partial charge in [0.15, 0.2) is 0 Å². The molecule has 1 aromatic heterocycles. The van der Waals surface area contributed by atoms with Gasteiger partial charge >= 0.3 is 5.97 Å². The van der Waals surface area contributed by atoms with Gasteiger partial charge in [0.25, 0.3) is 0 Å². The van der Waals surface area contributed by atoms with Crippen LogP contribution in [0, 0.1) is 0 Å². The first-order valence-corrected chi connectivity index (χ1v) is 5.66. The van der Waals surface area contributed by atoms with Crippen LogP contribution in [0.15, 0.2) is 30.3 Å². The molecule has 92 valence electrons. The Hall–Kier alpha value is -2.36. The van der Waals surface area contributed by atoms with Gasteiger partial charge in [0, 0.05) is 10.9 Å². The van der Waals surface area contributed by atoms with Crippen LogP contribution in [0.1, 0.15) is 23.0 Å². The minimum atomic E-state index is -0.362. The number of ether oxygens (including phenoxy) is 1. The molecule has 0 bridgehead atoms. The Morgan fingerprint density at radius 1 is 1.39 bits per heavy atom. The first-order chi connectivity index (χ1) is 8.74. The molecule has 0 aliphatic heterocycles. The van der Waals surface area contributed by atoms with E-state index in [2.05, 4.69) is 4.98 Å². The number of hydrogen-bond acceptors (Lipinski definition) is 3. The minimum absolute atomic E-state index is 0.349. The Balaban J connectivity index is 2.36. The standard InChI is InChI=1S/C14H13NO3/c1-2-18-14(17)13-9-11-6-5-10(4-3-7-16)8-12(11)15-13/h3-9,15H,2H2,1H3. The third-order valence-corrected chi connectivity index (χ3v) is 2.51. The molecule has 0 saturated carbocycles. The van der Waals surface area contributed by atoms with Crippen molar-refractivity contribution in [1.82, 2.24) is 4.98 Å². The Kier molecular flexibility index (Phi) is 3.57. The maximum Gasteiger partial charge on any atom is 0.354 e. The van der Waals surface area contributed by atoms with Crippen molar-refractivity contribution in [1.29, 1.82) is 0 Å². The fraction of sp³-hybridized carbons (Fsp3) is 0.143. The Bertz CT molecular complexity index is 611. The number of esters is 1. The van der Waals surface area contributed by atoms with E-state index in [9.17, 15) is 9.59 Å². The van der Waals surface area contributed by atoms with E-state index in [4.69, 9.17) is 4.74 Å². The van der Waals surface area contributed by atoms with Crippen molar-refractivity contribution in [2.24, 2.45) is 0 Å². The Morgan fingerprint density at radius 3 is 2.94 bits per heavy atom. The van der Waals surface area contributed by atoms with E-state index in [1.807, 2.05) is 18.2 Å². The maximum absolute atomic E-state index is 11.6. The number of aromatic nitrogens is 1. The van der Waals surface area contributed by atoms with E-state index >= 15 is 0 Å². The summed E-state index contributed by atoms with van der Waals surface area (Å²) in [6.45, 7) is 2.12. The summed E-state index contributed by atoms with van der Waals surface area (Å²) < 4.78 is 4.92. The number of hydrogen-bond donors (Lipinski definition) is 1. The van der Waals surface area contributed by atoms with Gasteiger partial charge in [0.1, 0.15) is 12.0 Å². The van der Waals surface area contributed by atoms with Crippen molar-refractivity contribution in [2.45, 2.75) is 6.92 Å². The number of carbonyl (C=O) groups is 2. The highest BCUT2D eigenvalue weighted by Crippen LogP contribution is 2.18. The maximum atomic E-state index is 11.6. The monoisotopic (exact) mass is 243 g/mol. The van der Waals surface area contributed by atoms with Gasteiger partial charge in [-0.3, -0.25) is 4.79 Å². The van der Waals surface area contributed by atoms with E-state index in [0.29, 0.717) is 12.3 Å². The van der Waals surface area contributed by atoms with Crippen molar-refractivity contribution in [3.8, 4) is 0 Å². The first kappa shape index (κ1) is 12.1. The number of aromatic amines is 1. The van der Waals surface area contributed by atoms with Crippen molar-refractivity contribution >= 4 is 29.2 Å². The van der Waals surface area contributed by atoms with Crippen LogP contribution in [0.4, 0.5) is 0 Å². The second-order valence-corrected chi connectivity index (χ2v) is 3.75. The lowest BCUT2D eigenvalue weighted by Gasteiger charge is -1.96. The molecule has 4 nitrogen and oxygen atoms in total. The number of H-pyrrole nitrogens is 1. The first-order valence-electron chi connectivity index (χ1n) is 5.66. The zero-order valence-electron chi connectivity index (χ0n) is 9.97. The van der Waals surface area contributed by atoms with Crippen LogP contribution < -0.4 is 0 Å². The highest BCUT2D eigenvalue weighted by molar-refractivity contribution is 5.95. The molecule has 0 amide bonds. The number of rotatable bonds is 4. The van der Waals surface area contributed by atoms with Gasteiger partial charge in [0.05, 0.1) is 6.61 Å². The molecule has 1 heterocycles. The number of allylic oxidation sites excluding steroid dienone is 1. The Labute approximate surface area is 104 Å². The van der Waals surface area contributed by atoms with Crippen LogP contribution in [0.5, 0.6) is 0 Å². The molecule has 0 radical (unpaired) electrons. The molecule has 0 saturated heterocycles. The van der Waals surface area contributed by atoms with Gasteiger partial charge in [-0.15, -0.1) is 0 Å². The number of benzene rings is 1. The van der Waals surface area contributed by atoms with Gasteiger partial charge in [-0.05, 0) is 30.7 Å². The van der Waals surface area contributed by atoms with Gasteiger partial charge in [0.2, 0.25) is 0 Å². The lowest BCUT2D eigenvalue weighted by molar-refractivity contribution is -0.104. The second kappa shape index (κ2) is 5.31. The molecule has 2 aromatic rings. The van der Waals surface area contributed by atoms with Crippen molar-refractivity contribution < 1.29 is 14.3 Å². The summed E-state index contributed by atoms with van der Waals surface area (Å²) in [5.41, 5.74) is 2.17. The molecule has 18 heavy (non-hydrogen) atoms. The van der Waals surface area contributed by atoms with Crippen LogP contribution in [0.3, 0.4) is 0 Å². The summed E-state index contributed by atoms with van der Waals surface area (Å²) in [6.07, 6.45) is 3.86. The highest BCUT2D eigenvalue weighted by atomic mass is 16.5. The molecular formula is C14H13NO3. The smallest absolute Gasteiger partial charge is 0.354 e. The molecule has 4 heteroatoms. The van der Waals surface area contributed by atoms with Crippen molar-refractivity contribution in [3.63, 3.8) is 0 Å². The summed E-state index contributed by atoms with van der Waals surface area (Å²) >= 11 is 0. The van der Waals surface area contributed by atoms with Crippen LogP contribution in [0.25, 0.3) is 17.0 Å². The summed E-state index contributed by atoms with van der Waals surface area (Å²) in [4.78, 5) is 24.8. The molecular weight excluding hydrogens is 230 g/mol. The van der Waals surface area contributed by atoms with Gasteiger partial charge in [-0.25, -0.2) is 4.79 Å². The molecule has 0 unspecified atom stereocenters. The molecule has 1 aromatic carbocycles. The number of nitrogens with one attached hydrogen (secondary N) is 1. The van der Waals surface area contributed by atoms with Crippen LogP contribution in [-0.2, 0) is 9.53 Å². The fourth-order valence-electron chi connectivity index (χ4n) is 1.72. The van der Waals surface area contributed by atoms with E-state index in [0.717, 1.165) is 22.8 Å². The lowest BCUT2D eigenvalue weighted by Crippen LogP contribution is -2.04. The number of fused-ring (bicyclic) bond motifs is 1. The van der Waals surface area contributed by atoms with Gasteiger partial charge in [-0.1, -0.05) is 18.2 Å². The topological polar surface area (TPSA) is 59.2 Å². The highest BCUT2D eigenvalue weighted by Gasteiger charge is 2.09. The summed E-state index contributed by atoms with van der Waals surface area (Å²) in [6, 6.07) is 7.39. The summed E-state index contributed by atoms with van der Waals surface area (Å²) in [7, 11) is 0. The number of carbonyl (C=O) groups excluding carboxylic acids is 2. The summed E-state index contributed by atoms with van der Waals surface area (Å²) in [5, 5.41) is 0.932. The zero-order chi connectivity index (χ0) is 13.0.